The molecule has 1 saturated carbocycles. The Morgan fingerprint density at radius 3 is 2.58 bits per heavy atom. The number of imidazole rings is 1. The summed E-state index contributed by atoms with van der Waals surface area (Å²) in [5, 5.41) is 30.2. The van der Waals surface area contributed by atoms with Crippen LogP contribution in [0.5, 0.6) is 0 Å². The van der Waals surface area contributed by atoms with E-state index in [-0.39, 0.29) is 22.9 Å². The van der Waals surface area contributed by atoms with E-state index in [9.17, 15) is 18.9 Å². The number of hydrogen-bond acceptors (Lipinski definition) is 11. The van der Waals surface area contributed by atoms with E-state index < -0.39 is 9.84 Å². The molecule has 0 bridgehead atoms. The molecule has 1 aromatic carbocycles. The fourth-order valence-corrected chi connectivity index (χ4v) is 6.23. The van der Waals surface area contributed by atoms with Gasteiger partial charge in [-0.15, -0.1) is 5.10 Å². The summed E-state index contributed by atoms with van der Waals surface area (Å²) in [6.07, 6.45) is 5.48. The van der Waals surface area contributed by atoms with E-state index >= 15 is 0 Å². The molecule has 3 aromatic rings. The zero-order valence-corrected chi connectivity index (χ0v) is 22.2. The summed E-state index contributed by atoms with van der Waals surface area (Å²) in [5.74, 6) is 0.728. The highest BCUT2D eigenvalue weighted by Crippen LogP contribution is 2.39. The van der Waals surface area contributed by atoms with Crippen LogP contribution >= 0.6 is 11.6 Å². The number of likely N-dealkylation sites (tertiary alicyclic amines) is 1. The zero-order chi connectivity index (χ0) is 26.6. The molecule has 196 valence electrons. The smallest absolute Gasteiger partial charge is 0.247 e. The predicted octanol–water partition coefficient (Wildman–Crippen LogP) is 2.15. The fourth-order valence-electron chi connectivity index (χ4n) is 4.96. The molecule has 38 heavy (non-hydrogen) atoms. The summed E-state index contributed by atoms with van der Waals surface area (Å²) in [4.78, 5) is 13.2. The minimum Gasteiger partial charge on any atom is -0.367 e. The van der Waals surface area contributed by atoms with Crippen molar-refractivity contribution in [2.75, 3.05) is 48.0 Å². The van der Waals surface area contributed by atoms with Gasteiger partial charge in [-0.05, 0) is 37.9 Å². The lowest BCUT2D eigenvalue weighted by Gasteiger charge is -2.46. The van der Waals surface area contributed by atoms with Crippen molar-refractivity contribution in [1.29, 1.82) is 10.5 Å². The van der Waals surface area contributed by atoms with E-state index in [4.69, 9.17) is 11.6 Å². The molecular weight excluding hydrogens is 528 g/mol. The summed E-state index contributed by atoms with van der Waals surface area (Å²) >= 11 is 6.83. The molecule has 1 unspecified atom stereocenters. The van der Waals surface area contributed by atoms with Crippen LogP contribution in [0.4, 0.5) is 23.1 Å². The van der Waals surface area contributed by atoms with Gasteiger partial charge in [-0.25, -0.2) is 13.4 Å². The molecule has 2 saturated heterocycles. The molecule has 0 amide bonds. The van der Waals surface area contributed by atoms with Gasteiger partial charge in [0.25, 0.3) is 0 Å². The Kier molecular flexibility index (Phi) is 6.02. The maximum absolute atomic E-state index is 11.9. The maximum Gasteiger partial charge on any atom is 0.247 e. The maximum atomic E-state index is 11.9. The van der Waals surface area contributed by atoms with Gasteiger partial charge in [0.15, 0.2) is 27.0 Å². The molecule has 3 fully saturated rings. The quantitative estimate of drug-likeness (QED) is 0.442. The monoisotopic (exact) mass is 552 g/mol. The second-order valence-corrected chi connectivity index (χ2v) is 12.8. The van der Waals surface area contributed by atoms with E-state index in [1.807, 2.05) is 0 Å². The van der Waals surface area contributed by atoms with Gasteiger partial charge in [-0.2, -0.15) is 20.0 Å². The van der Waals surface area contributed by atoms with Crippen molar-refractivity contribution in [2.45, 2.75) is 36.6 Å². The van der Waals surface area contributed by atoms with Crippen molar-refractivity contribution in [3.63, 3.8) is 0 Å². The second-order valence-electron chi connectivity index (χ2n) is 10.1. The first-order chi connectivity index (χ1) is 18.2. The molecule has 1 atom stereocenters. The highest BCUT2D eigenvalue weighted by Gasteiger charge is 2.39. The van der Waals surface area contributed by atoms with Gasteiger partial charge < -0.3 is 15.5 Å². The lowest BCUT2D eigenvalue weighted by molar-refractivity contribution is 0.205. The number of hydrogen-bond donors (Lipinski definition) is 2. The largest absolute Gasteiger partial charge is 0.367 e. The Morgan fingerprint density at radius 2 is 1.92 bits per heavy atom. The van der Waals surface area contributed by atoms with Crippen LogP contribution in [0.25, 0.3) is 5.65 Å². The highest BCUT2D eigenvalue weighted by atomic mass is 35.5. The molecule has 6 rings (SSSR count). The number of rotatable bonds is 7. The number of aromatic nitrogens is 4. The topological polar surface area (TPSA) is 155 Å². The standard InChI is InChI=1S/C24H25ClN10O2S/c1-38(36,37)18-4-5-33(13-18)17-11-34(12-17)20-7-14(8-26)6-19(21(20)25)30-24-31-22(29-15-2-3-15)23-28-10-16(9-27)35(23)32-24/h6-7,10,15,17-18H,2-5,11-13H2,1H3,(H2,29,30,31,32). The highest BCUT2D eigenvalue weighted by molar-refractivity contribution is 7.91. The molecular formula is C24H25ClN10O2S. The van der Waals surface area contributed by atoms with E-state index in [1.54, 1.807) is 12.1 Å². The van der Waals surface area contributed by atoms with Crippen LogP contribution in [0, 0.1) is 22.7 Å². The first kappa shape index (κ1) is 24.7. The van der Waals surface area contributed by atoms with Crippen molar-refractivity contribution in [3.8, 4) is 12.1 Å². The minimum absolute atomic E-state index is 0.212. The van der Waals surface area contributed by atoms with Crippen LogP contribution in [0.1, 0.15) is 30.5 Å². The van der Waals surface area contributed by atoms with Gasteiger partial charge in [0.05, 0.1) is 39.5 Å². The summed E-state index contributed by atoms with van der Waals surface area (Å²) in [5.41, 5.74) is 2.34. The van der Waals surface area contributed by atoms with Crippen LogP contribution in [0.15, 0.2) is 18.3 Å². The van der Waals surface area contributed by atoms with E-state index in [1.165, 1.54) is 17.0 Å². The van der Waals surface area contributed by atoms with Crippen LogP contribution in [0.3, 0.4) is 0 Å². The van der Waals surface area contributed by atoms with Crippen LogP contribution in [-0.2, 0) is 9.84 Å². The number of fused-ring (bicyclic) bond motifs is 1. The van der Waals surface area contributed by atoms with Crippen LogP contribution in [-0.4, -0.2) is 82.7 Å². The van der Waals surface area contributed by atoms with Crippen molar-refractivity contribution in [1.82, 2.24) is 24.5 Å². The lowest BCUT2D eigenvalue weighted by atomic mass is 10.0. The van der Waals surface area contributed by atoms with Gasteiger partial charge >= 0.3 is 0 Å². The molecule has 4 heterocycles. The molecule has 3 aliphatic rings. The summed E-state index contributed by atoms with van der Waals surface area (Å²) in [6.45, 7) is 2.67. The number of halogens is 1. The SMILES string of the molecule is CS(=O)(=O)C1CCN(C2CN(c3cc(C#N)cc(Nc4nc(NC5CC5)c5ncc(C#N)n5n4)c3Cl)C2)C1. The summed E-state index contributed by atoms with van der Waals surface area (Å²) < 4.78 is 25.3. The van der Waals surface area contributed by atoms with Crippen LogP contribution in [0.2, 0.25) is 5.02 Å². The Morgan fingerprint density at radius 1 is 1.13 bits per heavy atom. The van der Waals surface area contributed by atoms with Crippen molar-refractivity contribution in [2.24, 2.45) is 0 Å². The predicted molar refractivity (Wildman–Crippen MR) is 142 cm³/mol. The first-order valence-corrected chi connectivity index (χ1v) is 14.7. The molecule has 2 aliphatic heterocycles. The third-order valence-electron chi connectivity index (χ3n) is 7.33. The van der Waals surface area contributed by atoms with Crippen molar-refractivity contribution >= 4 is 50.2 Å². The minimum atomic E-state index is -3.05. The fraction of sp³-hybridized carbons (Fsp3) is 0.458. The number of anilines is 4. The lowest BCUT2D eigenvalue weighted by Crippen LogP contribution is -2.59. The molecule has 14 heteroatoms. The number of nitrogens with zero attached hydrogens (tertiary/aromatic N) is 8. The summed E-state index contributed by atoms with van der Waals surface area (Å²) in [6, 6.07) is 8.20. The Balaban J connectivity index is 1.25. The first-order valence-electron chi connectivity index (χ1n) is 12.3. The van der Waals surface area contributed by atoms with E-state index in [0.29, 0.717) is 65.5 Å². The second kappa shape index (κ2) is 9.27. The van der Waals surface area contributed by atoms with Gasteiger partial charge in [0.2, 0.25) is 5.95 Å². The number of benzene rings is 1. The normalized spacial score (nSPS) is 20.2. The Bertz CT molecular complexity index is 1620. The third-order valence-corrected chi connectivity index (χ3v) is 9.32. The molecule has 1 aliphatic carbocycles. The summed E-state index contributed by atoms with van der Waals surface area (Å²) in [7, 11) is -3.05. The van der Waals surface area contributed by atoms with Gasteiger partial charge in [0, 0.05) is 38.0 Å². The van der Waals surface area contributed by atoms with E-state index in [2.05, 4.69) is 47.6 Å². The third kappa shape index (κ3) is 4.58. The average molecular weight is 553 g/mol. The molecule has 0 spiro atoms. The number of sulfone groups is 1. The van der Waals surface area contributed by atoms with Gasteiger partial charge in [0.1, 0.15) is 6.07 Å². The zero-order valence-electron chi connectivity index (χ0n) is 20.6. The number of nitriles is 2. The molecule has 0 radical (unpaired) electrons. The van der Waals surface area contributed by atoms with Crippen molar-refractivity contribution < 1.29 is 8.42 Å². The van der Waals surface area contributed by atoms with Crippen molar-refractivity contribution in [3.05, 3.63) is 34.6 Å². The molecule has 12 nitrogen and oxygen atoms in total. The number of nitrogens with one attached hydrogen (secondary N) is 2. The Labute approximate surface area is 224 Å². The van der Waals surface area contributed by atoms with E-state index in [0.717, 1.165) is 19.4 Å². The molecule has 2 aromatic heterocycles. The van der Waals surface area contributed by atoms with Gasteiger partial charge in [-0.1, -0.05) is 11.6 Å². The Hall–Kier alpha value is -3.65. The van der Waals surface area contributed by atoms with Gasteiger partial charge in [-0.3, -0.25) is 4.90 Å². The molecule has 2 N–H and O–H groups in total. The van der Waals surface area contributed by atoms with Crippen LogP contribution < -0.4 is 15.5 Å². The average Bonchev–Trinajstić information content (AvgIpc) is 3.35.